The summed E-state index contributed by atoms with van der Waals surface area (Å²) < 4.78 is 5.36. The molecule has 142 valence electrons. The first-order valence-electron chi connectivity index (χ1n) is 9.11. The minimum absolute atomic E-state index is 0.305. The van der Waals surface area contributed by atoms with Gasteiger partial charge in [0.15, 0.2) is 5.96 Å². The maximum absolute atomic E-state index is 10.3. The van der Waals surface area contributed by atoms with Crippen LogP contribution in [0.4, 0.5) is 0 Å². The number of thiophene rings is 1. The van der Waals surface area contributed by atoms with Crippen LogP contribution in [0.1, 0.15) is 22.3 Å². The maximum Gasteiger partial charge on any atom is 0.191 e. The molecule has 0 aliphatic heterocycles. The van der Waals surface area contributed by atoms with Gasteiger partial charge in [0.25, 0.3) is 0 Å². The van der Waals surface area contributed by atoms with Crippen molar-refractivity contribution in [1.29, 1.82) is 0 Å². The fourth-order valence-electron chi connectivity index (χ4n) is 2.65. The van der Waals surface area contributed by atoms with E-state index >= 15 is 0 Å². The van der Waals surface area contributed by atoms with E-state index < -0.39 is 6.10 Å². The minimum atomic E-state index is -0.618. The van der Waals surface area contributed by atoms with Gasteiger partial charge < -0.3 is 20.2 Å². The highest BCUT2D eigenvalue weighted by Gasteiger charge is 2.07. The Balaban J connectivity index is 1.53. The minimum Gasteiger partial charge on any atom is -0.469 e. The Hall–Kier alpha value is -2.57. The van der Waals surface area contributed by atoms with Gasteiger partial charge in [-0.25, -0.2) is 0 Å². The van der Waals surface area contributed by atoms with E-state index in [1.54, 1.807) is 17.6 Å². The van der Waals surface area contributed by atoms with Gasteiger partial charge in [-0.15, -0.1) is 11.3 Å². The van der Waals surface area contributed by atoms with Crippen LogP contribution in [0.25, 0.3) is 0 Å². The van der Waals surface area contributed by atoms with E-state index in [-0.39, 0.29) is 0 Å². The fraction of sp³-hybridized carbons (Fsp3) is 0.286. The highest BCUT2D eigenvalue weighted by Crippen LogP contribution is 2.12. The van der Waals surface area contributed by atoms with E-state index in [1.165, 1.54) is 4.88 Å². The maximum atomic E-state index is 10.3. The van der Waals surface area contributed by atoms with Gasteiger partial charge in [0.1, 0.15) is 5.76 Å². The number of nitrogens with zero attached hydrogens (tertiary/aromatic N) is 1. The van der Waals surface area contributed by atoms with Gasteiger partial charge in [0, 0.05) is 24.4 Å². The molecule has 1 unspecified atom stereocenters. The largest absolute Gasteiger partial charge is 0.469 e. The number of aliphatic hydroxyl groups excluding tert-OH is 1. The molecule has 1 atom stereocenters. The molecule has 0 saturated heterocycles. The SMILES string of the molecule is OC(CN=C(NCCc1ccco1)NCCc1cccs1)c1ccccc1. The highest BCUT2D eigenvalue weighted by atomic mass is 32.1. The molecule has 0 aliphatic carbocycles. The molecule has 27 heavy (non-hydrogen) atoms. The first kappa shape index (κ1) is 19.2. The van der Waals surface area contributed by atoms with E-state index in [9.17, 15) is 5.11 Å². The zero-order valence-corrected chi connectivity index (χ0v) is 16.0. The molecule has 3 aromatic rings. The molecule has 5 nitrogen and oxygen atoms in total. The van der Waals surface area contributed by atoms with Crippen molar-refractivity contribution in [3.63, 3.8) is 0 Å². The van der Waals surface area contributed by atoms with E-state index in [1.807, 2.05) is 42.5 Å². The molecule has 2 aromatic heterocycles. The molecular formula is C21H25N3O2S. The van der Waals surface area contributed by atoms with Crippen molar-refractivity contribution in [2.45, 2.75) is 18.9 Å². The van der Waals surface area contributed by atoms with Gasteiger partial charge in [-0.1, -0.05) is 36.4 Å². The Labute approximate surface area is 163 Å². The second kappa shape index (κ2) is 10.5. The number of nitrogens with one attached hydrogen (secondary N) is 2. The second-order valence-corrected chi connectivity index (χ2v) is 7.16. The molecule has 3 rings (SSSR count). The third-order valence-electron chi connectivity index (χ3n) is 4.09. The lowest BCUT2D eigenvalue weighted by Gasteiger charge is -2.14. The second-order valence-electron chi connectivity index (χ2n) is 6.13. The van der Waals surface area contributed by atoms with E-state index in [0.717, 1.165) is 30.7 Å². The predicted molar refractivity (Wildman–Crippen MR) is 110 cm³/mol. The molecule has 0 spiro atoms. The molecule has 6 heteroatoms. The van der Waals surface area contributed by atoms with Crippen molar-refractivity contribution >= 4 is 17.3 Å². The van der Waals surface area contributed by atoms with Crippen LogP contribution >= 0.6 is 11.3 Å². The van der Waals surface area contributed by atoms with Gasteiger partial charge in [0.2, 0.25) is 0 Å². The summed E-state index contributed by atoms with van der Waals surface area (Å²) in [7, 11) is 0. The summed E-state index contributed by atoms with van der Waals surface area (Å²) in [4.78, 5) is 5.89. The van der Waals surface area contributed by atoms with E-state index in [0.29, 0.717) is 19.0 Å². The molecule has 0 radical (unpaired) electrons. The number of aliphatic imine (C=N–C) groups is 1. The van der Waals surface area contributed by atoms with E-state index in [2.05, 4.69) is 33.1 Å². The highest BCUT2D eigenvalue weighted by molar-refractivity contribution is 7.09. The number of rotatable bonds is 9. The van der Waals surface area contributed by atoms with Crippen molar-refractivity contribution in [1.82, 2.24) is 10.6 Å². The predicted octanol–water partition coefficient (Wildman–Crippen LogP) is 3.40. The molecule has 1 aromatic carbocycles. The standard InChI is InChI=1S/C21H25N3O2S/c25-20(17-6-2-1-3-7-17)16-24-21(22-12-10-18-8-4-14-26-18)23-13-11-19-9-5-15-27-19/h1-9,14-15,20,25H,10-13,16H2,(H2,22,23,24). The summed E-state index contributed by atoms with van der Waals surface area (Å²) in [5, 5.41) is 19.1. The van der Waals surface area contributed by atoms with Crippen molar-refractivity contribution in [3.05, 3.63) is 82.4 Å². The lowest BCUT2D eigenvalue weighted by molar-refractivity contribution is 0.187. The van der Waals surface area contributed by atoms with Crippen LogP contribution in [0.15, 0.2) is 75.7 Å². The number of aliphatic hydroxyl groups is 1. The van der Waals surface area contributed by atoms with Crippen LogP contribution in [0, 0.1) is 0 Å². The molecular weight excluding hydrogens is 358 g/mol. The summed E-state index contributed by atoms with van der Waals surface area (Å²) in [5.74, 6) is 1.64. The molecule has 0 amide bonds. The van der Waals surface area contributed by atoms with Gasteiger partial charge >= 0.3 is 0 Å². The summed E-state index contributed by atoms with van der Waals surface area (Å²) in [6.07, 6.45) is 2.78. The zero-order valence-electron chi connectivity index (χ0n) is 15.2. The van der Waals surface area contributed by atoms with Crippen LogP contribution < -0.4 is 10.6 Å². The van der Waals surface area contributed by atoms with Gasteiger partial charge in [-0.05, 0) is 35.6 Å². The summed E-state index contributed by atoms with van der Waals surface area (Å²) >= 11 is 1.75. The zero-order chi connectivity index (χ0) is 18.7. The number of hydrogen-bond donors (Lipinski definition) is 3. The first-order chi connectivity index (χ1) is 13.3. The number of guanidine groups is 1. The van der Waals surface area contributed by atoms with E-state index in [4.69, 9.17) is 4.42 Å². The number of hydrogen-bond acceptors (Lipinski definition) is 4. The van der Waals surface area contributed by atoms with Crippen LogP contribution in [0.2, 0.25) is 0 Å². The van der Waals surface area contributed by atoms with Crippen molar-refractivity contribution < 1.29 is 9.52 Å². The van der Waals surface area contributed by atoms with Crippen LogP contribution in [0.3, 0.4) is 0 Å². The Kier molecular flexibility index (Phi) is 7.50. The summed E-state index contributed by atoms with van der Waals surface area (Å²) in [5.41, 5.74) is 0.870. The van der Waals surface area contributed by atoms with Crippen LogP contribution in [-0.4, -0.2) is 30.7 Å². The molecule has 0 bridgehead atoms. The Morgan fingerprint density at radius 3 is 2.52 bits per heavy atom. The average Bonchev–Trinajstić information content (AvgIpc) is 3.40. The molecule has 0 saturated carbocycles. The Morgan fingerprint density at radius 1 is 1.00 bits per heavy atom. The monoisotopic (exact) mass is 383 g/mol. The Morgan fingerprint density at radius 2 is 1.81 bits per heavy atom. The van der Waals surface area contributed by atoms with Crippen LogP contribution in [0.5, 0.6) is 0 Å². The molecule has 2 heterocycles. The third-order valence-corrected chi connectivity index (χ3v) is 5.03. The number of benzene rings is 1. The smallest absolute Gasteiger partial charge is 0.191 e. The molecule has 0 fully saturated rings. The molecule has 0 aliphatic rings. The Bertz CT molecular complexity index is 744. The normalized spacial score (nSPS) is 12.7. The van der Waals surface area contributed by atoms with Gasteiger partial charge in [-0.2, -0.15) is 0 Å². The van der Waals surface area contributed by atoms with Gasteiger partial charge in [0.05, 0.1) is 18.9 Å². The first-order valence-corrected chi connectivity index (χ1v) is 9.99. The summed E-state index contributed by atoms with van der Waals surface area (Å²) in [6, 6.07) is 17.6. The molecule has 3 N–H and O–H groups in total. The van der Waals surface area contributed by atoms with Crippen LogP contribution in [-0.2, 0) is 12.8 Å². The average molecular weight is 384 g/mol. The van der Waals surface area contributed by atoms with Crippen molar-refractivity contribution in [2.24, 2.45) is 4.99 Å². The topological polar surface area (TPSA) is 69.8 Å². The number of furan rings is 1. The van der Waals surface area contributed by atoms with Crippen molar-refractivity contribution in [2.75, 3.05) is 19.6 Å². The van der Waals surface area contributed by atoms with Crippen molar-refractivity contribution in [3.8, 4) is 0 Å². The fourth-order valence-corrected chi connectivity index (χ4v) is 3.36. The summed E-state index contributed by atoms with van der Waals surface area (Å²) in [6.45, 7) is 1.80. The lowest BCUT2D eigenvalue weighted by atomic mass is 10.1. The van der Waals surface area contributed by atoms with Gasteiger partial charge in [-0.3, -0.25) is 4.99 Å². The third kappa shape index (κ3) is 6.58. The lowest BCUT2D eigenvalue weighted by Crippen LogP contribution is -2.39. The quantitative estimate of drug-likeness (QED) is 0.391.